The minimum atomic E-state index is 0.459. The average Bonchev–Trinajstić information content (AvgIpc) is 2.26. The van der Waals surface area contributed by atoms with E-state index >= 15 is 0 Å². The van der Waals surface area contributed by atoms with E-state index in [1.165, 1.54) is 28.5 Å². The first-order chi connectivity index (χ1) is 8.63. The minimum Gasteiger partial charge on any atom is -0.369 e. The molecular formula is C14H22IN3. The molecule has 1 N–H and O–H groups in total. The molecule has 0 saturated heterocycles. The number of aromatic nitrogens is 2. The second-order valence-corrected chi connectivity index (χ2v) is 6.42. The van der Waals surface area contributed by atoms with Crippen LogP contribution in [0.2, 0.25) is 0 Å². The Morgan fingerprint density at radius 1 is 1.33 bits per heavy atom. The summed E-state index contributed by atoms with van der Waals surface area (Å²) in [6.07, 6.45) is 4.96. The third kappa shape index (κ3) is 2.95. The molecule has 0 bridgehead atoms. The summed E-state index contributed by atoms with van der Waals surface area (Å²) < 4.78 is 1.19. The number of anilines is 1. The van der Waals surface area contributed by atoms with Crippen LogP contribution in [0.4, 0.5) is 5.82 Å². The molecule has 1 heterocycles. The van der Waals surface area contributed by atoms with Gasteiger partial charge in [-0.2, -0.15) is 0 Å². The lowest BCUT2D eigenvalue weighted by molar-refractivity contribution is 0.400. The zero-order chi connectivity index (χ0) is 13.1. The summed E-state index contributed by atoms with van der Waals surface area (Å²) in [7, 11) is 0. The van der Waals surface area contributed by atoms with Crippen LogP contribution in [0.5, 0.6) is 0 Å². The van der Waals surface area contributed by atoms with Crippen LogP contribution in [-0.2, 0) is 0 Å². The third-order valence-corrected chi connectivity index (χ3v) is 4.52. The van der Waals surface area contributed by atoms with Crippen LogP contribution >= 0.6 is 22.6 Å². The molecule has 0 aliphatic heterocycles. The Balaban J connectivity index is 2.33. The molecule has 3 nitrogen and oxygen atoms in total. The van der Waals surface area contributed by atoms with Gasteiger partial charge in [-0.25, -0.2) is 9.97 Å². The van der Waals surface area contributed by atoms with Crippen LogP contribution in [0.1, 0.15) is 69.8 Å². The highest BCUT2D eigenvalue weighted by atomic mass is 127. The van der Waals surface area contributed by atoms with Gasteiger partial charge in [0.05, 0.1) is 9.26 Å². The van der Waals surface area contributed by atoms with Crippen LogP contribution in [0.25, 0.3) is 0 Å². The van der Waals surface area contributed by atoms with Crippen molar-refractivity contribution in [2.24, 2.45) is 0 Å². The Morgan fingerprint density at radius 3 is 2.56 bits per heavy atom. The van der Waals surface area contributed by atoms with Crippen molar-refractivity contribution in [1.29, 1.82) is 0 Å². The van der Waals surface area contributed by atoms with Crippen LogP contribution < -0.4 is 5.32 Å². The first kappa shape index (κ1) is 14.0. The number of hydrogen-bond donors (Lipinski definition) is 1. The molecule has 100 valence electrons. The highest BCUT2D eigenvalue weighted by Crippen LogP contribution is 2.36. The Labute approximate surface area is 123 Å². The summed E-state index contributed by atoms with van der Waals surface area (Å²) in [5.41, 5.74) is 1.20. The van der Waals surface area contributed by atoms with Gasteiger partial charge in [0.1, 0.15) is 11.6 Å². The summed E-state index contributed by atoms with van der Waals surface area (Å²) in [6.45, 7) is 7.57. The van der Waals surface area contributed by atoms with Crippen molar-refractivity contribution in [3.8, 4) is 0 Å². The van der Waals surface area contributed by atoms with Crippen LogP contribution in [0, 0.1) is 3.57 Å². The molecule has 1 aliphatic rings. The van der Waals surface area contributed by atoms with Crippen LogP contribution in [0.3, 0.4) is 0 Å². The third-order valence-electron chi connectivity index (χ3n) is 3.45. The van der Waals surface area contributed by atoms with E-state index in [9.17, 15) is 0 Å². The fourth-order valence-corrected chi connectivity index (χ4v) is 3.13. The second-order valence-electron chi connectivity index (χ2n) is 5.34. The van der Waals surface area contributed by atoms with Gasteiger partial charge in [0, 0.05) is 12.5 Å². The number of nitrogens with one attached hydrogen (secondary N) is 1. The molecule has 0 spiro atoms. The molecule has 0 radical (unpaired) electrons. The number of nitrogens with zero attached hydrogens (tertiary/aromatic N) is 2. The smallest absolute Gasteiger partial charge is 0.143 e. The summed E-state index contributed by atoms with van der Waals surface area (Å²) >= 11 is 2.38. The van der Waals surface area contributed by atoms with Crippen molar-refractivity contribution in [3.63, 3.8) is 0 Å². The molecular weight excluding hydrogens is 337 g/mol. The van der Waals surface area contributed by atoms with Gasteiger partial charge < -0.3 is 5.32 Å². The Hall–Kier alpha value is -0.390. The van der Waals surface area contributed by atoms with Gasteiger partial charge >= 0.3 is 0 Å². The van der Waals surface area contributed by atoms with E-state index in [1.54, 1.807) is 0 Å². The number of halogens is 1. The molecule has 1 aliphatic carbocycles. The zero-order valence-corrected chi connectivity index (χ0v) is 13.6. The van der Waals surface area contributed by atoms with E-state index in [-0.39, 0.29) is 0 Å². The van der Waals surface area contributed by atoms with Crippen LogP contribution in [0.15, 0.2) is 0 Å². The van der Waals surface area contributed by atoms with E-state index in [4.69, 9.17) is 9.97 Å². The van der Waals surface area contributed by atoms with E-state index in [2.05, 4.69) is 48.7 Å². The van der Waals surface area contributed by atoms with Gasteiger partial charge in [0.2, 0.25) is 0 Å². The minimum absolute atomic E-state index is 0.459. The number of rotatable bonds is 5. The van der Waals surface area contributed by atoms with Gasteiger partial charge in [0.25, 0.3) is 0 Å². The van der Waals surface area contributed by atoms with Gasteiger partial charge in [0.15, 0.2) is 0 Å². The molecule has 1 aromatic heterocycles. The molecule has 0 amide bonds. The SMILES string of the molecule is CCCNc1nc(C2CCC2)nc(C(C)C)c1I. The lowest BCUT2D eigenvalue weighted by Crippen LogP contribution is -2.17. The summed E-state index contributed by atoms with van der Waals surface area (Å²) in [6, 6.07) is 0. The monoisotopic (exact) mass is 359 g/mol. The predicted octanol–water partition coefficient (Wildman–Crippen LogP) is 4.29. The Morgan fingerprint density at radius 2 is 2.06 bits per heavy atom. The average molecular weight is 359 g/mol. The fraction of sp³-hybridized carbons (Fsp3) is 0.714. The lowest BCUT2D eigenvalue weighted by atomic mass is 9.84. The van der Waals surface area contributed by atoms with Gasteiger partial charge in [-0.1, -0.05) is 27.2 Å². The molecule has 1 saturated carbocycles. The van der Waals surface area contributed by atoms with E-state index in [1.807, 2.05) is 0 Å². The van der Waals surface area contributed by atoms with Crippen molar-refractivity contribution in [1.82, 2.24) is 9.97 Å². The molecule has 18 heavy (non-hydrogen) atoms. The van der Waals surface area contributed by atoms with E-state index in [0.29, 0.717) is 11.8 Å². The topological polar surface area (TPSA) is 37.8 Å². The molecule has 0 aromatic carbocycles. The van der Waals surface area contributed by atoms with Gasteiger partial charge in [-0.15, -0.1) is 0 Å². The van der Waals surface area contributed by atoms with E-state index < -0.39 is 0 Å². The quantitative estimate of drug-likeness (QED) is 0.797. The summed E-state index contributed by atoms with van der Waals surface area (Å²) in [4.78, 5) is 9.55. The van der Waals surface area contributed by atoms with Crippen molar-refractivity contribution < 1.29 is 0 Å². The molecule has 4 heteroatoms. The first-order valence-electron chi connectivity index (χ1n) is 6.94. The maximum absolute atomic E-state index is 4.80. The molecule has 0 atom stereocenters. The fourth-order valence-electron chi connectivity index (χ4n) is 2.07. The zero-order valence-electron chi connectivity index (χ0n) is 11.5. The normalized spacial score (nSPS) is 15.8. The van der Waals surface area contributed by atoms with Crippen LogP contribution in [-0.4, -0.2) is 16.5 Å². The predicted molar refractivity (Wildman–Crippen MR) is 84.2 cm³/mol. The highest BCUT2D eigenvalue weighted by molar-refractivity contribution is 14.1. The second kappa shape index (κ2) is 6.17. The van der Waals surface area contributed by atoms with Crippen molar-refractivity contribution in [3.05, 3.63) is 15.1 Å². The Kier molecular flexibility index (Phi) is 4.81. The van der Waals surface area contributed by atoms with Crippen molar-refractivity contribution in [2.75, 3.05) is 11.9 Å². The highest BCUT2D eigenvalue weighted by Gasteiger charge is 2.25. The summed E-state index contributed by atoms with van der Waals surface area (Å²) in [5.74, 6) is 3.16. The van der Waals surface area contributed by atoms with Crippen molar-refractivity contribution >= 4 is 28.4 Å². The maximum Gasteiger partial charge on any atom is 0.143 e. The molecule has 0 unspecified atom stereocenters. The summed E-state index contributed by atoms with van der Waals surface area (Å²) in [5, 5.41) is 3.44. The van der Waals surface area contributed by atoms with Crippen molar-refractivity contribution in [2.45, 2.75) is 58.3 Å². The lowest BCUT2D eigenvalue weighted by Gasteiger charge is -2.25. The van der Waals surface area contributed by atoms with E-state index in [0.717, 1.165) is 24.6 Å². The van der Waals surface area contributed by atoms with Gasteiger partial charge in [-0.3, -0.25) is 0 Å². The molecule has 2 rings (SSSR count). The van der Waals surface area contributed by atoms with Gasteiger partial charge in [-0.05, 0) is 47.8 Å². The Bertz CT molecular complexity index is 414. The first-order valence-corrected chi connectivity index (χ1v) is 8.02. The largest absolute Gasteiger partial charge is 0.369 e. The number of hydrogen-bond acceptors (Lipinski definition) is 3. The molecule has 1 aromatic rings. The maximum atomic E-state index is 4.80. The molecule has 1 fully saturated rings. The standard InChI is InChI=1S/C14H22IN3/c1-4-8-16-14-11(15)12(9(2)3)17-13(18-14)10-6-5-7-10/h9-10H,4-8H2,1-3H3,(H,16,17,18).